The topological polar surface area (TPSA) is 62.9 Å². The average Bonchev–Trinajstić information content (AvgIpc) is 3.10. The predicted molar refractivity (Wildman–Crippen MR) is 140 cm³/mol. The first-order valence-corrected chi connectivity index (χ1v) is 12.4. The molecule has 0 amide bonds. The maximum Gasteiger partial charge on any atom is 0.174 e. The maximum absolute atomic E-state index is 13.7. The maximum atomic E-state index is 13.7. The number of allylic oxidation sites excluding steroid dienone is 2. The van der Waals surface area contributed by atoms with Crippen LogP contribution in [0.25, 0.3) is 22.3 Å². The number of fused-ring (bicyclic) bond motifs is 1. The van der Waals surface area contributed by atoms with Crippen LogP contribution >= 0.6 is 11.6 Å². The highest BCUT2D eigenvalue weighted by Gasteiger charge is 2.27. The largest absolute Gasteiger partial charge is 0.501 e. The molecule has 1 aliphatic rings. The number of aliphatic hydroxyl groups is 1. The van der Waals surface area contributed by atoms with E-state index in [-0.39, 0.29) is 11.5 Å². The number of carbonyl (C=O) groups is 1. The molecule has 0 radical (unpaired) electrons. The lowest BCUT2D eigenvalue weighted by atomic mass is 9.91. The summed E-state index contributed by atoms with van der Waals surface area (Å²) >= 11 is 6.26. The minimum absolute atomic E-state index is 0.00769. The van der Waals surface area contributed by atoms with E-state index in [1.807, 2.05) is 24.3 Å². The highest BCUT2D eigenvalue weighted by Crippen LogP contribution is 2.38. The molecule has 182 valence electrons. The van der Waals surface area contributed by atoms with Crippen molar-refractivity contribution in [2.24, 2.45) is 5.92 Å². The Morgan fingerprint density at radius 2 is 1.97 bits per heavy atom. The van der Waals surface area contributed by atoms with Crippen LogP contribution in [-0.4, -0.2) is 42.0 Å². The molecule has 0 saturated heterocycles. The molecule has 0 bridgehead atoms. The van der Waals surface area contributed by atoms with Gasteiger partial charge in [-0.2, -0.15) is 0 Å². The lowest BCUT2D eigenvalue weighted by Crippen LogP contribution is -2.25. The zero-order valence-corrected chi connectivity index (χ0v) is 20.8. The van der Waals surface area contributed by atoms with Gasteiger partial charge in [-0.05, 0) is 80.5 Å². The molecule has 35 heavy (non-hydrogen) atoms. The molecule has 2 aromatic carbocycles. The van der Waals surface area contributed by atoms with Crippen molar-refractivity contribution in [1.29, 1.82) is 0 Å². The Labute approximate surface area is 210 Å². The predicted octanol–water partition coefficient (Wildman–Crippen LogP) is 7.22. The van der Waals surface area contributed by atoms with Gasteiger partial charge in [0.15, 0.2) is 11.5 Å². The highest BCUT2D eigenvalue weighted by atomic mass is 35.5. The van der Waals surface area contributed by atoms with E-state index in [4.69, 9.17) is 20.8 Å². The van der Waals surface area contributed by atoms with Gasteiger partial charge in [-0.25, -0.2) is 0 Å². The van der Waals surface area contributed by atoms with E-state index in [1.165, 1.54) is 6.08 Å². The van der Waals surface area contributed by atoms with Crippen LogP contribution in [0.5, 0.6) is 5.75 Å². The van der Waals surface area contributed by atoms with Crippen molar-refractivity contribution >= 4 is 28.4 Å². The molecular weight excluding hydrogens is 462 g/mol. The van der Waals surface area contributed by atoms with Gasteiger partial charge in [-0.1, -0.05) is 37.3 Å². The normalized spacial score (nSPS) is 15.4. The van der Waals surface area contributed by atoms with Crippen LogP contribution < -0.4 is 4.74 Å². The number of hydrogen-bond donors (Lipinski definition) is 1. The molecule has 6 heteroatoms. The Kier molecular flexibility index (Phi) is 8.14. The minimum atomic E-state index is -0.445. The standard InChI is InChI=1S/C29H30ClNO4/c1-3-31(4-2)17-6-18-34-24-14-10-21(11-15-24)29-27(25-19-22(30)12-16-26(25)35-29)28(33)20-7-5-8-23(32)13-9-20/h5,9-16,19-20,32H,3-4,6-7,17-18H2,1-2H3. The molecule has 1 heterocycles. The van der Waals surface area contributed by atoms with Crippen molar-refractivity contribution in [3.8, 4) is 17.1 Å². The number of carbonyl (C=O) groups excluding carboxylic acids is 1. The van der Waals surface area contributed by atoms with Gasteiger partial charge < -0.3 is 19.2 Å². The van der Waals surface area contributed by atoms with Crippen molar-refractivity contribution in [2.75, 3.05) is 26.2 Å². The van der Waals surface area contributed by atoms with Gasteiger partial charge in [0.1, 0.15) is 17.1 Å². The summed E-state index contributed by atoms with van der Waals surface area (Å²) in [5, 5.41) is 10.9. The number of benzene rings is 2. The van der Waals surface area contributed by atoms with E-state index < -0.39 is 5.92 Å². The highest BCUT2D eigenvalue weighted by molar-refractivity contribution is 6.31. The van der Waals surface area contributed by atoms with Crippen molar-refractivity contribution in [3.63, 3.8) is 0 Å². The summed E-state index contributed by atoms with van der Waals surface area (Å²) in [5.74, 6) is 0.743. The Morgan fingerprint density at radius 1 is 1.20 bits per heavy atom. The van der Waals surface area contributed by atoms with Crippen molar-refractivity contribution in [2.45, 2.75) is 26.7 Å². The van der Waals surface area contributed by atoms with Crippen LogP contribution in [0.15, 0.2) is 76.6 Å². The van der Waals surface area contributed by atoms with Crippen LogP contribution in [0.3, 0.4) is 0 Å². The fraction of sp³-hybridized carbons (Fsp3) is 0.310. The molecule has 4 rings (SSSR count). The number of ether oxygens (including phenoxy) is 1. The molecule has 0 fully saturated rings. The van der Waals surface area contributed by atoms with Gasteiger partial charge >= 0.3 is 0 Å². The van der Waals surface area contributed by atoms with Gasteiger partial charge in [-0.15, -0.1) is 0 Å². The number of nitrogens with zero attached hydrogens (tertiary/aromatic N) is 1. The summed E-state index contributed by atoms with van der Waals surface area (Å²) < 4.78 is 12.1. The van der Waals surface area contributed by atoms with Crippen LogP contribution in [-0.2, 0) is 0 Å². The molecular formula is C29H30ClNO4. The first kappa shape index (κ1) is 24.9. The molecule has 1 aliphatic carbocycles. The molecule has 3 aromatic rings. The third-order valence-electron chi connectivity index (χ3n) is 6.24. The molecule has 0 spiro atoms. The summed E-state index contributed by atoms with van der Waals surface area (Å²) in [6, 6.07) is 12.9. The summed E-state index contributed by atoms with van der Waals surface area (Å²) in [6.45, 7) is 8.07. The Bertz CT molecular complexity index is 1280. The molecule has 1 aromatic heterocycles. The number of aliphatic hydroxyl groups excluding tert-OH is 1. The first-order chi connectivity index (χ1) is 17.0. The third kappa shape index (κ3) is 5.88. The second-order valence-electron chi connectivity index (χ2n) is 8.50. The second-order valence-corrected chi connectivity index (χ2v) is 8.94. The number of ketones is 1. The van der Waals surface area contributed by atoms with E-state index >= 15 is 0 Å². The van der Waals surface area contributed by atoms with E-state index in [0.717, 1.165) is 37.4 Å². The lowest BCUT2D eigenvalue weighted by molar-refractivity contribution is 0.0948. The molecule has 1 N–H and O–H groups in total. The zero-order valence-electron chi connectivity index (χ0n) is 20.1. The van der Waals surface area contributed by atoms with Gasteiger partial charge in [0.2, 0.25) is 0 Å². The van der Waals surface area contributed by atoms with Gasteiger partial charge in [0.05, 0.1) is 12.2 Å². The molecule has 0 aliphatic heterocycles. The monoisotopic (exact) mass is 491 g/mol. The number of halogens is 1. The number of furan rings is 1. The molecule has 1 unspecified atom stereocenters. The third-order valence-corrected chi connectivity index (χ3v) is 6.47. The molecule has 0 saturated carbocycles. The Balaban J connectivity index is 1.59. The fourth-order valence-electron chi connectivity index (χ4n) is 4.24. The second kappa shape index (κ2) is 11.5. The zero-order chi connectivity index (χ0) is 24.8. The van der Waals surface area contributed by atoms with Crippen molar-refractivity contribution < 1.29 is 19.1 Å². The van der Waals surface area contributed by atoms with Crippen molar-refractivity contribution in [3.05, 3.63) is 82.8 Å². The van der Waals surface area contributed by atoms with Gasteiger partial charge in [0, 0.05) is 28.4 Å². The van der Waals surface area contributed by atoms with Crippen molar-refractivity contribution in [1.82, 2.24) is 4.90 Å². The number of rotatable bonds is 10. The fourth-order valence-corrected chi connectivity index (χ4v) is 4.41. The van der Waals surface area contributed by atoms with Gasteiger partial charge in [0.25, 0.3) is 0 Å². The van der Waals surface area contributed by atoms with E-state index in [0.29, 0.717) is 40.3 Å². The van der Waals surface area contributed by atoms with Crippen LogP contribution in [0.2, 0.25) is 5.02 Å². The summed E-state index contributed by atoms with van der Waals surface area (Å²) in [7, 11) is 0. The summed E-state index contributed by atoms with van der Waals surface area (Å²) in [6.07, 6.45) is 6.29. The summed E-state index contributed by atoms with van der Waals surface area (Å²) in [5.41, 5.74) is 4.62. The lowest BCUT2D eigenvalue weighted by Gasteiger charge is -2.17. The SMILES string of the molecule is CCN(CC)CCCOc1ccc(-c2oc3ccc(Cl)cc3c2C(=O)C2C=CC(O)=C=CC2)cc1. The van der Waals surface area contributed by atoms with Crippen LogP contribution in [0, 0.1) is 5.92 Å². The van der Waals surface area contributed by atoms with E-state index in [1.54, 1.807) is 30.4 Å². The van der Waals surface area contributed by atoms with E-state index in [9.17, 15) is 9.90 Å². The minimum Gasteiger partial charge on any atom is -0.501 e. The molecule has 1 atom stereocenters. The molecule has 5 nitrogen and oxygen atoms in total. The number of hydrogen-bond acceptors (Lipinski definition) is 5. The Morgan fingerprint density at radius 3 is 2.71 bits per heavy atom. The van der Waals surface area contributed by atoms with E-state index in [2.05, 4.69) is 24.5 Å². The van der Waals surface area contributed by atoms with Gasteiger partial charge in [-0.3, -0.25) is 4.79 Å². The number of Topliss-reactive ketones (excluding diaryl/α,β-unsaturated/α-hetero) is 1. The quantitative estimate of drug-likeness (QED) is 0.184. The summed E-state index contributed by atoms with van der Waals surface area (Å²) in [4.78, 5) is 16.0. The van der Waals surface area contributed by atoms with Crippen LogP contribution in [0.4, 0.5) is 0 Å². The first-order valence-electron chi connectivity index (χ1n) is 12.0. The smallest absolute Gasteiger partial charge is 0.174 e. The average molecular weight is 492 g/mol. The van der Waals surface area contributed by atoms with Crippen LogP contribution in [0.1, 0.15) is 37.0 Å². The Hall–Kier alpha value is -3.24.